The third-order valence-corrected chi connectivity index (χ3v) is 10.6. The fourth-order valence-electron chi connectivity index (χ4n) is 8.04. The first-order valence-electron chi connectivity index (χ1n) is 18.0. The zero-order valence-electron chi connectivity index (χ0n) is 29.5. The molecule has 252 valence electrons. The minimum atomic E-state index is -0.108. The van der Waals surface area contributed by atoms with Gasteiger partial charge in [-0.1, -0.05) is 147 Å². The standard InChI is InChI=1S/C48H35N5/c1-48(2)39-23-10-13-26-43(39)52(44-27-14-11-24-40(44)48)36-21-15-20-34(30-36)35-28-29-42-38(31-35)37-22-9-12-25-41(37)53(42)47-50-45(32-16-5-3-6-17-32)49-46(51-47)33-18-7-4-8-19-33/h3-31H,1-2H3. The Balaban J connectivity index is 1.13. The van der Waals surface area contributed by atoms with Crippen molar-refractivity contribution in [1.82, 2.24) is 19.5 Å². The highest BCUT2D eigenvalue weighted by Crippen LogP contribution is 2.52. The summed E-state index contributed by atoms with van der Waals surface area (Å²) in [6.45, 7) is 4.65. The maximum atomic E-state index is 5.10. The van der Waals surface area contributed by atoms with E-state index in [1.807, 2.05) is 60.7 Å². The lowest BCUT2D eigenvalue weighted by Crippen LogP contribution is -2.30. The first kappa shape index (κ1) is 30.9. The summed E-state index contributed by atoms with van der Waals surface area (Å²) in [6, 6.07) is 62.0. The molecular weight excluding hydrogens is 647 g/mol. The van der Waals surface area contributed by atoms with Crippen molar-refractivity contribution in [1.29, 1.82) is 0 Å². The van der Waals surface area contributed by atoms with Crippen LogP contribution in [-0.2, 0) is 5.41 Å². The number of benzene rings is 7. The monoisotopic (exact) mass is 681 g/mol. The molecule has 1 aliphatic rings. The SMILES string of the molecule is CC1(C)c2ccccc2N(c2cccc(-c3ccc4c(c3)c3ccccc3n4-c3nc(-c4ccccc4)nc(-c4ccccc4)n3)c2)c2ccccc21. The van der Waals surface area contributed by atoms with Gasteiger partial charge < -0.3 is 4.90 Å². The Morgan fingerprint density at radius 2 is 0.943 bits per heavy atom. The fraction of sp³-hybridized carbons (Fsp3) is 0.0625. The van der Waals surface area contributed by atoms with Crippen LogP contribution in [0.2, 0.25) is 0 Å². The van der Waals surface area contributed by atoms with E-state index in [0.717, 1.165) is 49.7 Å². The third kappa shape index (κ3) is 5.04. The zero-order valence-corrected chi connectivity index (χ0v) is 29.5. The van der Waals surface area contributed by atoms with Crippen molar-refractivity contribution in [3.8, 4) is 39.9 Å². The number of anilines is 3. The summed E-state index contributed by atoms with van der Waals surface area (Å²) in [5.74, 6) is 1.86. The molecule has 2 aromatic heterocycles. The first-order valence-corrected chi connectivity index (χ1v) is 18.0. The van der Waals surface area contributed by atoms with Gasteiger partial charge in [-0.25, -0.2) is 4.98 Å². The lowest BCUT2D eigenvalue weighted by Gasteiger charge is -2.42. The summed E-state index contributed by atoms with van der Waals surface area (Å²) in [5, 5.41) is 2.28. The lowest BCUT2D eigenvalue weighted by atomic mass is 9.73. The van der Waals surface area contributed by atoms with E-state index in [4.69, 9.17) is 15.0 Å². The van der Waals surface area contributed by atoms with Crippen molar-refractivity contribution in [3.63, 3.8) is 0 Å². The smallest absolute Gasteiger partial charge is 0.238 e. The van der Waals surface area contributed by atoms with Crippen LogP contribution in [0, 0.1) is 0 Å². The van der Waals surface area contributed by atoms with E-state index >= 15 is 0 Å². The van der Waals surface area contributed by atoms with Crippen LogP contribution in [0.25, 0.3) is 61.7 Å². The molecule has 5 heteroatoms. The Kier molecular flexibility index (Phi) is 7.08. The van der Waals surface area contributed by atoms with Gasteiger partial charge in [0, 0.05) is 33.0 Å². The van der Waals surface area contributed by atoms with Crippen molar-refractivity contribution in [3.05, 3.63) is 187 Å². The highest BCUT2D eigenvalue weighted by Gasteiger charge is 2.36. The van der Waals surface area contributed by atoms with Crippen LogP contribution in [0.3, 0.4) is 0 Å². The fourth-order valence-corrected chi connectivity index (χ4v) is 8.04. The van der Waals surface area contributed by atoms with Crippen molar-refractivity contribution >= 4 is 38.9 Å². The summed E-state index contributed by atoms with van der Waals surface area (Å²) in [4.78, 5) is 17.6. The van der Waals surface area contributed by atoms with E-state index in [9.17, 15) is 0 Å². The quantitative estimate of drug-likeness (QED) is 0.181. The number of nitrogens with zero attached hydrogens (tertiary/aromatic N) is 5. The zero-order chi connectivity index (χ0) is 35.5. The van der Waals surface area contributed by atoms with Crippen LogP contribution < -0.4 is 4.90 Å². The molecule has 0 N–H and O–H groups in total. The van der Waals surface area contributed by atoms with Gasteiger partial charge in [-0.2, -0.15) is 9.97 Å². The lowest BCUT2D eigenvalue weighted by molar-refractivity contribution is 0.632. The topological polar surface area (TPSA) is 46.8 Å². The summed E-state index contributed by atoms with van der Waals surface area (Å²) in [6.07, 6.45) is 0. The molecule has 5 nitrogen and oxygen atoms in total. The molecule has 3 heterocycles. The van der Waals surface area contributed by atoms with E-state index in [2.05, 4.69) is 139 Å². The average Bonchev–Trinajstić information content (AvgIpc) is 3.55. The second kappa shape index (κ2) is 12.1. The Morgan fingerprint density at radius 3 is 1.60 bits per heavy atom. The molecule has 0 saturated heterocycles. The van der Waals surface area contributed by atoms with E-state index in [0.29, 0.717) is 17.6 Å². The van der Waals surface area contributed by atoms with Crippen molar-refractivity contribution in [2.75, 3.05) is 4.90 Å². The van der Waals surface area contributed by atoms with E-state index in [-0.39, 0.29) is 5.41 Å². The van der Waals surface area contributed by atoms with E-state index in [1.54, 1.807) is 0 Å². The van der Waals surface area contributed by atoms with Gasteiger partial charge in [0.1, 0.15) is 0 Å². The normalized spacial score (nSPS) is 13.2. The number of para-hydroxylation sites is 3. The van der Waals surface area contributed by atoms with Gasteiger partial charge in [0.25, 0.3) is 0 Å². The number of hydrogen-bond acceptors (Lipinski definition) is 4. The molecule has 7 aromatic carbocycles. The van der Waals surface area contributed by atoms with Gasteiger partial charge in [-0.3, -0.25) is 4.57 Å². The molecule has 0 atom stereocenters. The van der Waals surface area contributed by atoms with Crippen LogP contribution in [0.5, 0.6) is 0 Å². The van der Waals surface area contributed by atoms with Gasteiger partial charge in [0.2, 0.25) is 5.95 Å². The largest absolute Gasteiger partial charge is 0.310 e. The second-order valence-electron chi connectivity index (χ2n) is 14.1. The third-order valence-electron chi connectivity index (χ3n) is 10.6. The van der Waals surface area contributed by atoms with Crippen LogP contribution in [0.15, 0.2) is 176 Å². The Bertz CT molecular complexity index is 2710. The van der Waals surface area contributed by atoms with Gasteiger partial charge in [0.05, 0.1) is 22.4 Å². The van der Waals surface area contributed by atoms with Gasteiger partial charge in [0.15, 0.2) is 11.6 Å². The number of hydrogen-bond donors (Lipinski definition) is 0. The number of aromatic nitrogens is 4. The van der Waals surface area contributed by atoms with E-state index in [1.165, 1.54) is 22.5 Å². The van der Waals surface area contributed by atoms with Crippen LogP contribution in [0.1, 0.15) is 25.0 Å². The minimum Gasteiger partial charge on any atom is -0.310 e. The Morgan fingerprint density at radius 1 is 0.415 bits per heavy atom. The van der Waals surface area contributed by atoms with Gasteiger partial charge in [-0.15, -0.1) is 0 Å². The molecule has 0 amide bonds. The van der Waals surface area contributed by atoms with Gasteiger partial charge in [-0.05, 0) is 64.7 Å². The second-order valence-corrected chi connectivity index (χ2v) is 14.1. The van der Waals surface area contributed by atoms with E-state index < -0.39 is 0 Å². The molecule has 0 saturated carbocycles. The average molecular weight is 682 g/mol. The summed E-state index contributed by atoms with van der Waals surface area (Å²) in [5.41, 5.74) is 12.4. The van der Waals surface area contributed by atoms with Crippen molar-refractivity contribution < 1.29 is 0 Å². The molecule has 0 aliphatic carbocycles. The highest BCUT2D eigenvalue weighted by molar-refractivity contribution is 6.10. The molecule has 9 aromatic rings. The Labute approximate surface area is 308 Å². The summed E-state index contributed by atoms with van der Waals surface area (Å²) in [7, 11) is 0. The molecule has 0 radical (unpaired) electrons. The number of rotatable bonds is 5. The maximum absolute atomic E-state index is 5.10. The first-order chi connectivity index (χ1) is 26.0. The van der Waals surface area contributed by atoms with Crippen molar-refractivity contribution in [2.24, 2.45) is 0 Å². The highest BCUT2D eigenvalue weighted by atomic mass is 15.2. The van der Waals surface area contributed by atoms with Crippen LogP contribution in [-0.4, -0.2) is 19.5 Å². The summed E-state index contributed by atoms with van der Waals surface area (Å²) >= 11 is 0. The molecule has 1 aliphatic heterocycles. The molecular formula is C48H35N5. The predicted molar refractivity (Wildman–Crippen MR) is 217 cm³/mol. The van der Waals surface area contributed by atoms with Crippen LogP contribution >= 0.6 is 0 Å². The summed E-state index contributed by atoms with van der Waals surface area (Å²) < 4.78 is 2.18. The van der Waals surface area contributed by atoms with Gasteiger partial charge >= 0.3 is 0 Å². The van der Waals surface area contributed by atoms with Crippen LogP contribution in [0.4, 0.5) is 17.1 Å². The van der Waals surface area contributed by atoms with Crippen molar-refractivity contribution in [2.45, 2.75) is 19.3 Å². The Hall–Kier alpha value is -6.85. The molecule has 10 rings (SSSR count). The molecule has 0 bridgehead atoms. The molecule has 0 spiro atoms. The predicted octanol–water partition coefficient (Wildman–Crippen LogP) is 12.1. The molecule has 53 heavy (non-hydrogen) atoms. The maximum Gasteiger partial charge on any atom is 0.238 e. The molecule has 0 fully saturated rings. The molecule has 0 unspecified atom stereocenters. The minimum absolute atomic E-state index is 0.108. The number of fused-ring (bicyclic) bond motifs is 5.